The largest absolute Gasteiger partial charge is 0.371 e. The Labute approximate surface area is 153 Å². The van der Waals surface area contributed by atoms with Crippen molar-refractivity contribution in [2.75, 3.05) is 18.0 Å². The average Bonchev–Trinajstić information content (AvgIpc) is 3.04. The molecule has 0 bridgehead atoms. The molecule has 1 atom stereocenters. The molecule has 0 saturated carbocycles. The number of fused-ring (bicyclic) bond motifs is 1. The number of benzene rings is 1. The van der Waals surface area contributed by atoms with Gasteiger partial charge < -0.3 is 9.88 Å². The lowest BCUT2D eigenvalue weighted by Crippen LogP contribution is -2.34. The summed E-state index contributed by atoms with van der Waals surface area (Å²) in [6.07, 6.45) is 4.68. The van der Waals surface area contributed by atoms with Crippen molar-refractivity contribution in [3.05, 3.63) is 53.9 Å². The third-order valence-corrected chi connectivity index (χ3v) is 5.98. The van der Waals surface area contributed by atoms with Gasteiger partial charge in [0.2, 0.25) is 0 Å². The molecule has 1 unspecified atom stereocenters. The fraction of sp³-hybridized carbons (Fsp3) is 0.381. The highest BCUT2D eigenvalue weighted by Gasteiger charge is 2.18. The van der Waals surface area contributed by atoms with Gasteiger partial charge in [-0.1, -0.05) is 25.1 Å². The summed E-state index contributed by atoms with van der Waals surface area (Å²) in [6.45, 7) is 6.87. The first-order chi connectivity index (χ1) is 12.2. The molecule has 0 aliphatic carbocycles. The average molecular weight is 352 g/mol. The second kappa shape index (κ2) is 7.12. The van der Waals surface area contributed by atoms with Crippen LogP contribution < -0.4 is 4.90 Å². The Balaban J connectivity index is 1.49. The molecule has 2 aromatic heterocycles. The van der Waals surface area contributed by atoms with Crippen LogP contribution in [-0.4, -0.2) is 23.1 Å². The van der Waals surface area contributed by atoms with Crippen LogP contribution in [0.3, 0.4) is 0 Å². The molecule has 3 heterocycles. The monoisotopic (exact) mass is 351 g/mol. The standard InChI is InChI=1S/C21H25N3S/c1-15-6-5-9-24(13-15)20-11-18(22-12-16(20)2)14-25-21-10-17-7-3-4-8-19(17)23-21/h3-4,7-8,10-12,15,23H,5-6,9,13-14H2,1-2H3. The maximum Gasteiger partial charge on any atom is 0.0736 e. The number of thioether (sulfide) groups is 1. The van der Waals surface area contributed by atoms with E-state index in [1.807, 2.05) is 18.0 Å². The Bertz CT molecular complexity index is 837. The molecule has 1 saturated heterocycles. The molecule has 1 N–H and O–H groups in total. The number of H-pyrrole nitrogens is 1. The van der Waals surface area contributed by atoms with Crippen LogP contribution in [0.5, 0.6) is 0 Å². The van der Waals surface area contributed by atoms with Crippen LogP contribution in [0.1, 0.15) is 31.0 Å². The van der Waals surface area contributed by atoms with Crippen LogP contribution in [0.25, 0.3) is 10.9 Å². The molecule has 1 aliphatic heterocycles. The molecule has 1 aliphatic rings. The van der Waals surface area contributed by atoms with Crippen molar-refractivity contribution in [1.82, 2.24) is 9.97 Å². The molecular weight excluding hydrogens is 326 g/mol. The molecule has 4 rings (SSSR count). The zero-order valence-corrected chi connectivity index (χ0v) is 15.8. The van der Waals surface area contributed by atoms with Gasteiger partial charge in [-0.2, -0.15) is 0 Å². The lowest BCUT2D eigenvalue weighted by Gasteiger charge is -2.34. The maximum atomic E-state index is 4.66. The van der Waals surface area contributed by atoms with Gasteiger partial charge in [0, 0.05) is 41.6 Å². The zero-order chi connectivity index (χ0) is 17.2. The Kier molecular flexibility index (Phi) is 4.71. The number of hydrogen-bond donors (Lipinski definition) is 1. The summed E-state index contributed by atoms with van der Waals surface area (Å²) in [7, 11) is 0. The Hall–Kier alpha value is -1.94. The molecule has 0 amide bonds. The van der Waals surface area contributed by atoms with Gasteiger partial charge >= 0.3 is 0 Å². The number of aromatic nitrogens is 2. The predicted octanol–water partition coefficient (Wildman–Crippen LogP) is 5.40. The summed E-state index contributed by atoms with van der Waals surface area (Å²) >= 11 is 1.82. The summed E-state index contributed by atoms with van der Waals surface area (Å²) in [5.74, 6) is 1.68. The first-order valence-corrected chi connectivity index (χ1v) is 10.1. The minimum atomic E-state index is 0.783. The number of hydrogen-bond acceptors (Lipinski definition) is 3. The number of pyridine rings is 1. The molecule has 1 aromatic carbocycles. The molecular formula is C21H25N3S. The lowest BCUT2D eigenvalue weighted by atomic mass is 9.99. The van der Waals surface area contributed by atoms with E-state index >= 15 is 0 Å². The molecule has 1 fully saturated rings. The maximum absolute atomic E-state index is 4.66. The van der Waals surface area contributed by atoms with E-state index in [9.17, 15) is 0 Å². The van der Waals surface area contributed by atoms with E-state index in [2.05, 4.69) is 65.1 Å². The van der Waals surface area contributed by atoms with E-state index in [0.717, 1.165) is 17.4 Å². The Morgan fingerprint density at radius 1 is 1.28 bits per heavy atom. The van der Waals surface area contributed by atoms with Crippen molar-refractivity contribution < 1.29 is 0 Å². The van der Waals surface area contributed by atoms with Crippen molar-refractivity contribution in [2.24, 2.45) is 5.92 Å². The van der Waals surface area contributed by atoms with Crippen LogP contribution in [-0.2, 0) is 5.75 Å². The molecule has 3 aromatic rings. The molecule has 0 spiro atoms. The quantitative estimate of drug-likeness (QED) is 0.639. The van der Waals surface area contributed by atoms with E-state index < -0.39 is 0 Å². The van der Waals surface area contributed by atoms with Crippen molar-refractivity contribution in [3.63, 3.8) is 0 Å². The first-order valence-electron chi connectivity index (χ1n) is 9.10. The molecule has 3 nitrogen and oxygen atoms in total. The lowest BCUT2D eigenvalue weighted by molar-refractivity contribution is 0.446. The van der Waals surface area contributed by atoms with E-state index in [4.69, 9.17) is 0 Å². The third-order valence-electron chi connectivity index (χ3n) is 5.01. The topological polar surface area (TPSA) is 31.9 Å². The number of aromatic amines is 1. The van der Waals surface area contributed by atoms with Crippen LogP contribution in [0.15, 0.2) is 47.6 Å². The number of nitrogens with zero attached hydrogens (tertiary/aromatic N) is 2. The molecule has 130 valence electrons. The summed E-state index contributed by atoms with van der Waals surface area (Å²) in [4.78, 5) is 10.7. The summed E-state index contributed by atoms with van der Waals surface area (Å²) in [6, 6.07) is 12.9. The van der Waals surface area contributed by atoms with Crippen molar-refractivity contribution in [2.45, 2.75) is 37.5 Å². The minimum absolute atomic E-state index is 0.783. The van der Waals surface area contributed by atoms with E-state index in [0.29, 0.717) is 0 Å². The normalized spacial score (nSPS) is 18.0. The third kappa shape index (κ3) is 3.69. The van der Waals surface area contributed by atoms with E-state index in [-0.39, 0.29) is 0 Å². The van der Waals surface area contributed by atoms with Gasteiger partial charge in [-0.3, -0.25) is 4.98 Å². The van der Waals surface area contributed by atoms with Gasteiger partial charge in [-0.05, 0) is 49.4 Å². The number of rotatable bonds is 4. The SMILES string of the molecule is Cc1cnc(CSc2cc3ccccc3[nH]2)cc1N1CCCC(C)C1. The first kappa shape index (κ1) is 16.5. The number of aryl methyl sites for hydroxylation is 1. The van der Waals surface area contributed by atoms with E-state index in [1.165, 1.54) is 53.1 Å². The van der Waals surface area contributed by atoms with Gasteiger partial charge in [0.05, 0.1) is 10.7 Å². The predicted molar refractivity (Wildman–Crippen MR) is 107 cm³/mol. The zero-order valence-electron chi connectivity index (χ0n) is 15.0. The number of nitrogens with one attached hydrogen (secondary N) is 1. The van der Waals surface area contributed by atoms with Gasteiger partial charge in [0.25, 0.3) is 0 Å². The fourth-order valence-corrected chi connectivity index (χ4v) is 4.51. The van der Waals surface area contributed by atoms with Crippen molar-refractivity contribution in [3.8, 4) is 0 Å². The second-order valence-corrected chi connectivity index (χ2v) is 8.18. The Morgan fingerprint density at radius 2 is 2.16 bits per heavy atom. The summed E-state index contributed by atoms with van der Waals surface area (Å²) in [5, 5.41) is 2.47. The number of piperidine rings is 1. The smallest absolute Gasteiger partial charge is 0.0736 e. The van der Waals surface area contributed by atoms with Gasteiger partial charge in [0.15, 0.2) is 0 Å². The van der Waals surface area contributed by atoms with Crippen molar-refractivity contribution >= 4 is 28.4 Å². The van der Waals surface area contributed by atoms with Crippen LogP contribution >= 0.6 is 11.8 Å². The second-order valence-electron chi connectivity index (χ2n) is 7.17. The highest BCUT2D eigenvalue weighted by atomic mass is 32.2. The highest BCUT2D eigenvalue weighted by molar-refractivity contribution is 7.98. The fourth-order valence-electron chi connectivity index (χ4n) is 3.66. The molecule has 4 heteroatoms. The Morgan fingerprint density at radius 3 is 3.00 bits per heavy atom. The van der Waals surface area contributed by atoms with Gasteiger partial charge in [-0.25, -0.2) is 0 Å². The molecule has 25 heavy (non-hydrogen) atoms. The van der Waals surface area contributed by atoms with Crippen molar-refractivity contribution in [1.29, 1.82) is 0 Å². The van der Waals surface area contributed by atoms with Gasteiger partial charge in [0.1, 0.15) is 0 Å². The van der Waals surface area contributed by atoms with Crippen LogP contribution in [0.4, 0.5) is 5.69 Å². The number of para-hydroxylation sites is 1. The highest BCUT2D eigenvalue weighted by Crippen LogP contribution is 2.29. The minimum Gasteiger partial charge on any atom is -0.371 e. The number of anilines is 1. The van der Waals surface area contributed by atoms with Crippen LogP contribution in [0, 0.1) is 12.8 Å². The van der Waals surface area contributed by atoms with E-state index in [1.54, 1.807) is 0 Å². The summed E-state index contributed by atoms with van der Waals surface area (Å²) in [5.41, 5.74) is 5.01. The summed E-state index contributed by atoms with van der Waals surface area (Å²) < 4.78 is 0. The molecule has 0 radical (unpaired) electrons. The van der Waals surface area contributed by atoms with Crippen LogP contribution in [0.2, 0.25) is 0 Å². The van der Waals surface area contributed by atoms with Gasteiger partial charge in [-0.15, -0.1) is 11.8 Å².